The van der Waals surface area contributed by atoms with Crippen molar-refractivity contribution in [2.75, 3.05) is 26.2 Å². The minimum atomic E-state index is 0.546. The maximum absolute atomic E-state index is 3.84. The second-order valence-corrected chi connectivity index (χ2v) is 9.19. The van der Waals surface area contributed by atoms with Crippen LogP contribution < -0.4 is 5.32 Å². The van der Waals surface area contributed by atoms with Crippen LogP contribution in [0.3, 0.4) is 0 Å². The number of rotatable bonds is 5. The van der Waals surface area contributed by atoms with Gasteiger partial charge >= 0.3 is 0 Å². The summed E-state index contributed by atoms with van der Waals surface area (Å²) in [5, 5.41) is 3.84. The van der Waals surface area contributed by atoms with Crippen LogP contribution in [0.2, 0.25) is 0 Å². The van der Waals surface area contributed by atoms with Crippen molar-refractivity contribution >= 4 is 0 Å². The van der Waals surface area contributed by atoms with Gasteiger partial charge in [0.1, 0.15) is 0 Å². The lowest BCUT2D eigenvalue weighted by atomic mass is 9.69. The van der Waals surface area contributed by atoms with E-state index in [-0.39, 0.29) is 0 Å². The van der Waals surface area contributed by atoms with Crippen LogP contribution in [0.4, 0.5) is 0 Å². The summed E-state index contributed by atoms with van der Waals surface area (Å²) in [4.78, 5) is 2.75. The number of piperidine rings is 1. The molecule has 0 aromatic rings. The van der Waals surface area contributed by atoms with Crippen molar-refractivity contribution in [1.29, 1.82) is 0 Å². The molecule has 1 aliphatic carbocycles. The normalized spacial score (nSPS) is 33.0. The molecule has 1 saturated heterocycles. The van der Waals surface area contributed by atoms with E-state index >= 15 is 0 Å². The summed E-state index contributed by atoms with van der Waals surface area (Å²) in [5.41, 5.74) is 1.12. The summed E-state index contributed by atoms with van der Waals surface area (Å²) in [6.07, 6.45) is 8.15. The molecule has 2 aliphatic rings. The van der Waals surface area contributed by atoms with Crippen molar-refractivity contribution in [3.63, 3.8) is 0 Å². The topological polar surface area (TPSA) is 15.3 Å². The Labute approximate surface area is 133 Å². The molecule has 2 heteroatoms. The Hall–Kier alpha value is -0.0800. The van der Waals surface area contributed by atoms with Gasteiger partial charge in [-0.3, -0.25) is 0 Å². The van der Waals surface area contributed by atoms with Gasteiger partial charge in [-0.15, -0.1) is 0 Å². The molecule has 2 fully saturated rings. The molecular formula is C19H38N2. The first-order valence-electron chi connectivity index (χ1n) is 9.27. The smallest absolute Gasteiger partial charge is 0.0108 e. The summed E-state index contributed by atoms with van der Waals surface area (Å²) in [6.45, 7) is 17.2. The molecule has 2 unspecified atom stereocenters. The lowest BCUT2D eigenvalue weighted by Crippen LogP contribution is -2.49. The van der Waals surface area contributed by atoms with E-state index in [1.54, 1.807) is 0 Å². The van der Waals surface area contributed by atoms with Crippen LogP contribution in [-0.2, 0) is 0 Å². The second kappa shape index (κ2) is 7.00. The largest absolute Gasteiger partial charge is 0.314 e. The van der Waals surface area contributed by atoms with Crippen LogP contribution in [-0.4, -0.2) is 37.1 Å². The van der Waals surface area contributed by atoms with E-state index in [1.165, 1.54) is 64.7 Å². The van der Waals surface area contributed by atoms with E-state index in [1.807, 2.05) is 0 Å². The fraction of sp³-hybridized carbons (Fsp3) is 1.00. The minimum Gasteiger partial charge on any atom is -0.314 e. The van der Waals surface area contributed by atoms with Crippen LogP contribution >= 0.6 is 0 Å². The Bertz CT molecular complexity index is 312. The molecule has 0 radical (unpaired) electrons. The van der Waals surface area contributed by atoms with Gasteiger partial charge < -0.3 is 10.2 Å². The molecule has 2 atom stereocenters. The third-order valence-corrected chi connectivity index (χ3v) is 5.87. The molecule has 1 N–H and O–H groups in total. The third kappa shape index (κ3) is 5.25. The molecule has 1 aliphatic heterocycles. The van der Waals surface area contributed by atoms with Crippen LogP contribution in [0.1, 0.15) is 73.1 Å². The fourth-order valence-electron chi connectivity index (χ4n) is 4.20. The van der Waals surface area contributed by atoms with Gasteiger partial charge in [0.05, 0.1) is 0 Å². The minimum absolute atomic E-state index is 0.546. The number of hydrogen-bond donors (Lipinski definition) is 1. The second-order valence-electron chi connectivity index (χ2n) is 9.19. The van der Waals surface area contributed by atoms with Gasteiger partial charge in [0.2, 0.25) is 0 Å². The highest BCUT2D eigenvalue weighted by atomic mass is 15.1. The van der Waals surface area contributed by atoms with Gasteiger partial charge in [0, 0.05) is 12.6 Å². The average molecular weight is 295 g/mol. The fourth-order valence-corrected chi connectivity index (χ4v) is 4.20. The molecular weight excluding hydrogens is 256 g/mol. The Kier molecular flexibility index (Phi) is 5.76. The summed E-state index contributed by atoms with van der Waals surface area (Å²) in [7, 11) is 0. The van der Waals surface area contributed by atoms with Gasteiger partial charge in [-0.2, -0.15) is 0 Å². The lowest BCUT2D eigenvalue weighted by molar-refractivity contribution is 0.0682. The first kappa shape index (κ1) is 17.3. The Morgan fingerprint density at radius 2 is 1.67 bits per heavy atom. The molecule has 0 bridgehead atoms. The summed E-state index contributed by atoms with van der Waals surface area (Å²) in [5.74, 6) is 0.849. The van der Waals surface area contributed by atoms with Gasteiger partial charge in [-0.05, 0) is 74.9 Å². The predicted octanol–water partition coefficient (Wildman–Crippen LogP) is 4.30. The molecule has 0 amide bonds. The highest BCUT2D eigenvalue weighted by molar-refractivity contribution is 4.91. The van der Waals surface area contributed by atoms with Crippen molar-refractivity contribution < 1.29 is 0 Å². The summed E-state index contributed by atoms with van der Waals surface area (Å²) in [6, 6.07) is 0.757. The van der Waals surface area contributed by atoms with E-state index in [4.69, 9.17) is 0 Å². The highest BCUT2D eigenvalue weighted by Gasteiger charge is 2.36. The highest BCUT2D eigenvalue weighted by Crippen LogP contribution is 2.40. The van der Waals surface area contributed by atoms with Gasteiger partial charge in [-0.1, -0.05) is 34.6 Å². The maximum atomic E-state index is 3.84. The molecule has 0 spiro atoms. The van der Waals surface area contributed by atoms with Crippen LogP contribution in [0.5, 0.6) is 0 Å². The number of likely N-dealkylation sites (tertiary alicyclic amines) is 1. The molecule has 124 valence electrons. The molecule has 0 aromatic carbocycles. The molecule has 21 heavy (non-hydrogen) atoms. The third-order valence-electron chi connectivity index (χ3n) is 5.87. The molecule has 0 aromatic heterocycles. The monoisotopic (exact) mass is 294 g/mol. The molecule has 1 heterocycles. The Morgan fingerprint density at radius 1 is 1.00 bits per heavy atom. The van der Waals surface area contributed by atoms with Crippen molar-refractivity contribution in [2.45, 2.75) is 79.2 Å². The molecule has 2 nitrogen and oxygen atoms in total. The van der Waals surface area contributed by atoms with Crippen molar-refractivity contribution in [2.24, 2.45) is 16.7 Å². The van der Waals surface area contributed by atoms with Gasteiger partial charge in [0.15, 0.2) is 0 Å². The van der Waals surface area contributed by atoms with E-state index in [0.29, 0.717) is 10.8 Å². The summed E-state index contributed by atoms with van der Waals surface area (Å²) >= 11 is 0. The first-order valence-corrected chi connectivity index (χ1v) is 9.27. The summed E-state index contributed by atoms with van der Waals surface area (Å²) < 4.78 is 0. The number of hydrogen-bond acceptors (Lipinski definition) is 2. The predicted molar refractivity (Wildman–Crippen MR) is 92.7 cm³/mol. The van der Waals surface area contributed by atoms with Crippen molar-refractivity contribution in [1.82, 2.24) is 10.2 Å². The Balaban J connectivity index is 1.90. The number of nitrogens with zero attached hydrogens (tertiary/aromatic N) is 1. The van der Waals surface area contributed by atoms with Crippen LogP contribution in [0.25, 0.3) is 0 Å². The van der Waals surface area contributed by atoms with E-state index in [0.717, 1.165) is 12.0 Å². The maximum Gasteiger partial charge on any atom is 0.0108 e. The van der Waals surface area contributed by atoms with Crippen molar-refractivity contribution in [3.05, 3.63) is 0 Å². The van der Waals surface area contributed by atoms with E-state index in [9.17, 15) is 0 Å². The molecule has 1 saturated carbocycles. The van der Waals surface area contributed by atoms with Gasteiger partial charge in [0.25, 0.3) is 0 Å². The molecule has 2 rings (SSSR count). The van der Waals surface area contributed by atoms with Crippen molar-refractivity contribution in [3.8, 4) is 0 Å². The zero-order valence-electron chi connectivity index (χ0n) is 15.2. The zero-order valence-corrected chi connectivity index (χ0v) is 15.2. The SMILES string of the molecule is CCCNC1CCC(C)(C)CC1CN1CCC(C)(C)CC1. The van der Waals surface area contributed by atoms with Crippen LogP contribution in [0.15, 0.2) is 0 Å². The average Bonchev–Trinajstić information content (AvgIpc) is 2.40. The van der Waals surface area contributed by atoms with E-state index < -0.39 is 0 Å². The quantitative estimate of drug-likeness (QED) is 0.813. The zero-order chi connectivity index (χ0) is 15.5. The van der Waals surface area contributed by atoms with Gasteiger partial charge in [-0.25, -0.2) is 0 Å². The van der Waals surface area contributed by atoms with Crippen LogP contribution in [0, 0.1) is 16.7 Å². The Morgan fingerprint density at radius 3 is 2.29 bits per heavy atom. The lowest BCUT2D eigenvalue weighted by Gasteiger charge is -2.45. The first-order chi connectivity index (χ1) is 9.81. The standard InChI is InChI=1S/C19H38N2/c1-6-11-20-17-7-8-19(4,5)14-16(17)15-21-12-9-18(2,3)10-13-21/h16-17,20H,6-15H2,1-5H3. The van der Waals surface area contributed by atoms with E-state index in [2.05, 4.69) is 44.8 Å². The number of nitrogens with one attached hydrogen (secondary N) is 1.